The van der Waals surface area contributed by atoms with Crippen LogP contribution in [0.5, 0.6) is 11.5 Å². The fraction of sp³-hybridized carbons (Fsp3) is 0.263. The van der Waals surface area contributed by atoms with Gasteiger partial charge in [0.2, 0.25) is 5.91 Å². The van der Waals surface area contributed by atoms with Gasteiger partial charge < -0.3 is 19.7 Å². The third-order valence-electron chi connectivity index (χ3n) is 4.62. The van der Waals surface area contributed by atoms with E-state index in [4.69, 9.17) is 9.47 Å². The minimum atomic E-state index is -0.556. The third kappa shape index (κ3) is 3.46. The number of benzene rings is 2. The van der Waals surface area contributed by atoms with Gasteiger partial charge in [0.15, 0.2) is 11.5 Å². The Bertz CT molecular complexity index is 960. The van der Waals surface area contributed by atoms with Crippen molar-refractivity contribution >= 4 is 23.2 Å². The highest BCUT2D eigenvalue weighted by Gasteiger charge is 2.32. The van der Waals surface area contributed by atoms with E-state index in [0.29, 0.717) is 36.9 Å². The van der Waals surface area contributed by atoms with Crippen LogP contribution in [0.1, 0.15) is 16.8 Å². The number of fused-ring (bicyclic) bond motifs is 1. The Labute approximate surface area is 160 Å². The molecule has 4 rings (SSSR count). The van der Waals surface area contributed by atoms with Gasteiger partial charge in [-0.1, -0.05) is 6.07 Å². The maximum Gasteiger partial charge on any atom is 0.270 e. The number of hydrogen-bond acceptors (Lipinski definition) is 6. The number of ether oxygens (including phenoxy) is 2. The number of rotatable bonds is 4. The first-order valence-corrected chi connectivity index (χ1v) is 8.76. The third-order valence-corrected chi connectivity index (χ3v) is 4.62. The van der Waals surface area contributed by atoms with Gasteiger partial charge in [-0.25, -0.2) is 0 Å². The van der Waals surface area contributed by atoms with Crippen molar-refractivity contribution in [3.63, 3.8) is 0 Å². The van der Waals surface area contributed by atoms with Crippen LogP contribution in [0, 0.1) is 10.1 Å². The molecular weight excluding hydrogens is 366 g/mol. The molecular formula is C19H17N3O6. The van der Waals surface area contributed by atoms with Crippen LogP contribution in [0.25, 0.3) is 0 Å². The lowest BCUT2D eigenvalue weighted by Crippen LogP contribution is -2.37. The summed E-state index contributed by atoms with van der Waals surface area (Å²) in [5.41, 5.74) is 0.689. The summed E-state index contributed by atoms with van der Waals surface area (Å²) in [6.45, 7) is 1.24. The summed E-state index contributed by atoms with van der Waals surface area (Å²) in [5, 5.41) is 13.6. The van der Waals surface area contributed by atoms with Crippen molar-refractivity contribution in [2.45, 2.75) is 12.5 Å². The van der Waals surface area contributed by atoms with Gasteiger partial charge in [-0.2, -0.15) is 0 Å². The number of nitrogens with one attached hydrogen (secondary N) is 1. The van der Waals surface area contributed by atoms with Crippen molar-refractivity contribution < 1.29 is 24.0 Å². The summed E-state index contributed by atoms with van der Waals surface area (Å²) in [5.74, 6) is 0.643. The van der Waals surface area contributed by atoms with Crippen LogP contribution in [0.15, 0.2) is 42.5 Å². The Morgan fingerprint density at radius 2 is 1.93 bits per heavy atom. The minimum Gasteiger partial charge on any atom is -0.486 e. The highest BCUT2D eigenvalue weighted by atomic mass is 16.6. The monoisotopic (exact) mass is 383 g/mol. The predicted molar refractivity (Wildman–Crippen MR) is 98.8 cm³/mol. The normalized spacial score (nSPS) is 18.1. The summed E-state index contributed by atoms with van der Waals surface area (Å²) < 4.78 is 11.0. The Morgan fingerprint density at radius 3 is 2.71 bits per heavy atom. The molecule has 1 N–H and O–H groups in total. The second-order valence-electron chi connectivity index (χ2n) is 6.51. The molecule has 144 valence electrons. The molecule has 1 fully saturated rings. The topological polar surface area (TPSA) is 111 Å². The quantitative estimate of drug-likeness (QED) is 0.638. The van der Waals surface area contributed by atoms with E-state index >= 15 is 0 Å². The summed E-state index contributed by atoms with van der Waals surface area (Å²) in [6, 6.07) is 10.4. The molecule has 28 heavy (non-hydrogen) atoms. The summed E-state index contributed by atoms with van der Waals surface area (Å²) in [4.78, 5) is 36.7. The van der Waals surface area contributed by atoms with Crippen molar-refractivity contribution in [1.82, 2.24) is 5.32 Å². The van der Waals surface area contributed by atoms with E-state index in [0.717, 1.165) is 0 Å². The van der Waals surface area contributed by atoms with E-state index in [1.54, 1.807) is 23.1 Å². The minimum absolute atomic E-state index is 0.124. The van der Waals surface area contributed by atoms with E-state index in [1.165, 1.54) is 24.3 Å². The highest BCUT2D eigenvalue weighted by molar-refractivity contribution is 5.99. The van der Waals surface area contributed by atoms with Gasteiger partial charge in [-0.05, 0) is 18.2 Å². The van der Waals surface area contributed by atoms with E-state index < -0.39 is 16.9 Å². The molecule has 9 nitrogen and oxygen atoms in total. The molecule has 0 spiro atoms. The molecule has 0 aromatic heterocycles. The van der Waals surface area contributed by atoms with Gasteiger partial charge >= 0.3 is 0 Å². The van der Waals surface area contributed by atoms with Gasteiger partial charge in [0, 0.05) is 42.4 Å². The molecule has 2 amide bonds. The molecule has 0 bridgehead atoms. The first kappa shape index (κ1) is 17.8. The number of nitro groups is 1. The first-order valence-electron chi connectivity index (χ1n) is 8.76. The van der Waals surface area contributed by atoms with Crippen LogP contribution in [-0.4, -0.2) is 42.5 Å². The number of carbonyl (C=O) groups excluding carboxylic acids is 2. The number of carbonyl (C=O) groups is 2. The second-order valence-corrected chi connectivity index (χ2v) is 6.51. The van der Waals surface area contributed by atoms with E-state index in [9.17, 15) is 19.7 Å². The summed E-state index contributed by atoms with van der Waals surface area (Å²) in [6.07, 6.45) is 0.148. The van der Waals surface area contributed by atoms with Gasteiger partial charge in [0.05, 0.1) is 11.0 Å². The number of non-ortho nitro benzene ring substituents is 1. The molecule has 2 aromatic rings. The maximum atomic E-state index is 12.4. The zero-order valence-electron chi connectivity index (χ0n) is 14.8. The Kier molecular flexibility index (Phi) is 4.56. The second kappa shape index (κ2) is 7.18. The summed E-state index contributed by atoms with van der Waals surface area (Å²) >= 11 is 0. The van der Waals surface area contributed by atoms with Crippen molar-refractivity contribution in [3.8, 4) is 11.5 Å². The van der Waals surface area contributed by atoms with Crippen LogP contribution < -0.4 is 19.7 Å². The lowest BCUT2D eigenvalue weighted by molar-refractivity contribution is -0.384. The lowest BCUT2D eigenvalue weighted by atomic mass is 10.1. The largest absolute Gasteiger partial charge is 0.486 e. The zero-order chi connectivity index (χ0) is 19.7. The number of anilines is 1. The lowest BCUT2D eigenvalue weighted by Gasteiger charge is -2.22. The smallest absolute Gasteiger partial charge is 0.270 e. The van der Waals surface area contributed by atoms with Crippen molar-refractivity contribution in [1.29, 1.82) is 0 Å². The van der Waals surface area contributed by atoms with Crippen molar-refractivity contribution in [2.24, 2.45) is 0 Å². The van der Waals surface area contributed by atoms with Crippen LogP contribution in [0.4, 0.5) is 11.4 Å². The maximum absolute atomic E-state index is 12.4. The number of nitrogens with zero attached hydrogens (tertiary/aromatic N) is 2. The van der Waals surface area contributed by atoms with Crippen LogP contribution in [-0.2, 0) is 4.79 Å². The molecule has 0 unspecified atom stereocenters. The number of hydrogen-bond donors (Lipinski definition) is 1. The molecule has 2 heterocycles. The van der Waals surface area contributed by atoms with Gasteiger partial charge in [0.1, 0.15) is 13.2 Å². The van der Waals surface area contributed by atoms with Gasteiger partial charge in [0.25, 0.3) is 11.6 Å². The van der Waals surface area contributed by atoms with Crippen molar-refractivity contribution in [2.75, 3.05) is 24.7 Å². The average Bonchev–Trinajstić information content (AvgIpc) is 3.07. The van der Waals surface area contributed by atoms with E-state index in [2.05, 4.69) is 5.32 Å². The Hall–Kier alpha value is -3.62. The highest BCUT2D eigenvalue weighted by Crippen LogP contribution is 2.35. The molecule has 0 radical (unpaired) electrons. The molecule has 1 atom stereocenters. The Morgan fingerprint density at radius 1 is 1.14 bits per heavy atom. The SMILES string of the molecule is O=C(N[C@@H]1CC(=O)N(c2ccc3c(c2)OCCO3)C1)c1cccc([N+](=O)[O-])c1. The zero-order valence-corrected chi connectivity index (χ0v) is 14.8. The van der Waals surface area contributed by atoms with Crippen LogP contribution in [0.3, 0.4) is 0 Å². The molecule has 9 heteroatoms. The fourth-order valence-electron chi connectivity index (χ4n) is 3.28. The van der Waals surface area contributed by atoms with Gasteiger partial charge in [-0.3, -0.25) is 19.7 Å². The van der Waals surface area contributed by atoms with Crippen LogP contribution in [0.2, 0.25) is 0 Å². The first-order chi connectivity index (χ1) is 13.5. The van der Waals surface area contributed by atoms with E-state index in [-0.39, 0.29) is 23.6 Å². The standard InChI is InChI=1S/C19H17N3O6/c23-18-9-13(20-19(24)12-2-1-3-15(8-12)22(25)26)11-21(18)14-4-5-16-17(10-14)28-7-6-27-16/h1-5,8,10,13H,6-7,9,11H2,(H,20,24)/t13-/m1/s1. The molecule has 2 aliphatic heterocycles. The number of amides is 2. The molecule has 0 aliphatic carbocycles. The molecule has 0 saturated carbocycles. The predicted octanol–water partition coefficient (Wildman–Crippen LogP) is 1.90. The number of nitro benzene ring substituents is 1. The van der Waals surface area contributed by atoms with Crippen LogP contribution >= 0.6 is 0 Å². The van der Waals surface area contributed by atoms with Crippen molar-refractivity contribution in [3.05, 3.63) is 58.1 Å². The molecule has 2 aromatic carbocycles. The molecule has 1 saturated heterocycles. The van der Waals surface area contributed by atoms with E-state index in [1.807, 2.05) is 0 Å². The summed E-state index contributed by atoms with van der Waals surface area (Å²) in [7, 11) is 0. The average molecular weight is 383 g/mol. The fourth-order valence-corrected chi connectivity index (χ4v) is 3.28. The Balaban J connectivity index is 1.45. The molecule has 2 aliphatic rings. The van der Waals surface area contributed by atoms with Gasteiger partial charge in [-0.15, -0.1) is 0 Å².